The Morgan fingerprint density at radius 1 is 1.30 bits per heavy atom. The van der Waals surface area contributed by atoms with Gasteiger partial charge in [0.15, 0.2) is 4.96 Å². The summed E-state index contributed by atoms with van der Waals surface area (Å²) in [6.07, 6.45) is 6.05. The Morgan fingerprint density at radius 2 is 2.15 bits per heavy atom. The average molecular weight is 350 g/mol. The number of imidazole rings is 1. The van der Waals surface area contributed by atoms with E-state index < -0.39 is 0 Å². The predicted octanol–water partition coefficient (Wildman–Crippen LogP) is 3.52. The highest BCUT2D eigenvalue weighted by atomic mass is 79.9. The van der Waals surface area contributed by atoms with Gasteiger partial charge in [0.2, 0.25) is 0 Å². The van der Waals surface area contributed by atoms with Crippen molar-refractivity contribution < 1.29 is 0 Å². The second-order valence-electron chi connectivity index (χ2n) is 4.93. The highest BCUT2D eigenvalue weighted by Crippen LogP contribution is 2.21. The molecule has 2 heterocycles. The van der Waals surface area contributed by atoms with Crippen molar-refractivity contribution in [1.29, 1.82) is 0 Å². The van der Waals surface area contributed by atoms with Gasteiger partial charge in [0.25, 0.3) is 0 Å². The molecule has 3 aromatic rings. The van der Waals surface area contributed by atoms with E-state index in [1.165, 1.54) is 5.56 Å². The molecule has 1 atom stereocenters. The van der Waals surface area contributed by atoms with Gasteiger partial charge in [0.1, 0.15) is 0 Å². The van der Waals surface area contributed by atoms with E-state index in [-0.39, 0.29) is 0 Å². The van der Waals surface area contributed by atoms with E-state index in [1.807, 2.05) is 17.6 Å². The summed E-state index contributed by atoms with van der Waals surface area (Å²) in [6, 6.07) is 8.34. The van der Waals surface area contributed by atoms with Crippen molar-refractivity contribution in [2.45, 2.75) is 12.8 Å². The first-order valence-electron chi connectivity index (χ1n) is 6.61. The summed E-state index contributed by atoms with van der Waals surface area (Å²) in [7, 11) is 0. The molecule has 0 radical (unpaired) electrons. The van der Waals surface area contributed by atoms with E-state index in [9.17, 15) is 0 Å². The first-order valence-corrected chi connectivity index (χ1v) is 8.28. The van der Waals surface area contributed by atoms with Crippen LogP contribution in [-0.4, -0.2) is 15.9 Å². The lowest BCUT2D eigenvalue weighted by atomic mass is 9.95. The van der Waals surface area contributed by atoms with Gasteiger partial charge in [0, 0.05) is 22.2 Å². The van der Waals surface area contributed by atoms with Gasteiger partial charge in [-0.2, -0.15) is 0 Å². The van der Waals surface area contributed by atoms with Gasteiger partial charge >= 0.3 is 0 Å². The number of nitrogens with two attached hydrogens (primary N) is 1. The molecule has 1 unspecified atom stereocenters. The summed E-state index contributed by atoms with van der Waals surface area (Å²) in [5, 5.41) is 2.05. The van der Waals surface area contributed by atoms with Crippen LogP contribution in [0.25, 0.3) is 4.96 Å². The Hall–Kier alpha value is -1.17. The van der Waals surface area contributed by atoms with Crippen molar-refractivity contribution in [2.24, 2.45) is 11.7 Å². The third-order valence-corrected chi connectivity index (χ3v) is 4.99. The van der Waals surface area contributed by atoms with Crippen LogP contribution in [0.2, 0.25) is 0 Å². The molecule has 3 rings (SSSR count). The lowest BCUT2D eigenvalue weighted by Gasteiger charge is -2.14. The SMILES string of the molecule is NCC(Cc1cn2ccsc2n1)Cc1ccccc1Br. The molecule has 2 aromatic heterocycles. The van der Waals surface area contributed by atoms with Crippen LogP contribution in [-0.2, 0) is 12.8 Å². The molecule has 20 heavy (non-hydrogen) atoms. The zero-order chi connectivity index (χ0) is 13.9. The van der Waals surface area contributed by atoms with Gasteiger partial charge in [-0.15, -0.1) is 11.3 Å². The van der Waals surface area contributed by atoms with Gasteiger partial charge in [-0.1, -0.05) is 34.1 Å². The van der Waals surface area contributed by atoms with Crippen molar-refractivity contribution in [3.63, 3.8) is 0 Å². The van der Waals surface area contributed by atoms with Gasteiger partial charge in [-0.05, 0) is 36.9 Å². The fourth-order valence-electron chi connectivity index (χ4n) is 2.38. The molecule has 0 fully saturated rings. The molecule has 1 aromatic carbocycles. The number of thiazole rings is 1. The standard InChI is InChI=1S/C15H16BrN3S/c16-14-4-2-1-3-12(14)7-11(9-17)8-13-10-19-5-6-20-15(19)18-13/h1-6,10-11H,7-9,17H2. The lowest BCUT2D eigenvalue weighted by molar-refractivity contribution is 0.527. The fourth-order valence-corrected chi connectivity index (χ4v) is 3.55. The number of nitrogens with zero attached hydrogens (tertiary/aromatic N) is 2. The Bertz CT molecular complexity index is 675. The van der Waals surface area contributed by atoms with Crippen LogP contribution in [0.5, 0.6) is 0 Å². The van der Waals surface area contributed by atoms with Crippen LogP contribution in [0.15, 0.2) is 46.5 Å². The zero-order valence-corrected chi connectivity index (χ0v) is 13.4. The Labute approximate surface area is 130 Å². The Kier molecular flexibility index (Phi) is 4.19. The minimum atomic E-state index is 0.415. The fraction of sp³-hybridized carbons (Fsp3) is 0.267. The van der Waals surface area contributed by atoms with Crippen molar-refractivity contribution >= 4 is 32.2 Å². The zero-order valence-electron chi connectivity index (χ0n) is 11.0. The van der Waals surface area contributed by atoms with E-state index in [0.717, 1.165) is 28.0 Å². The van der Waals surface area contributed by atoms with E-state index in [0.29, 0.717) is 12.5 Å². The maximum absolute atomic E-state index is 5.94. The summed E-state index contributed by atoms with van der Waals surface area (Å²) in [4.78, 5) is 5.69. The molecule has 104 valence electrons. The minimum Gasteiger partial charge on any atom is -0.330 e. The van der Waals surface area contributed by atoms with Crippen molar-refractivity contribution in [3.05, 3.63) is 57.8 Å². The summed E-state index contributed by atoms with van der Waals surface area (Å²) in [6.45, 7) is 0.673. The summed E-state index contributed by atoms with van der Waals surface area (Å²) in [5.74, 6) is 0.415. The number of benzene rings is 1. The lowest BCUT2D eigenvalue weighted by Crippen LogP contribution is -2.19. The summed E-state index contributed by atoms with van der Waals surface area (Å²) in [5.41, 5.74) is 8.37. The molecule has 0 saturated carbocycles. The predicted molar refractivity (Wildman–Crippen MR) is 87.2 cm³/mol. The molecule has 0 amide bonds. The molecular weight excluding hydrogens is 334 g/mol. The third kappa shape index (κ3) is 2.95. The maximum atomic E-state index is 5.94. The number of halogens is 1. The molecule has 0 bridgehead atoms. The quantitative estimate of drug-likeness (QED) is 0.765. The average Bonchev–Trinajstić information content (AvgIpc) is 3.01. The summed E-state index contributed by atoms with van der Waals surface area (Å²) >= 11 is 5.26. The van der Waals surface area contributed by atoms with Crippen molar-refractivity contribution in [3.8, 4) is 0 Å². The largest absolute Gasteiger partial charge is 0.330 e. The second kappa shape index (κ2) is 6.08. The van der Waals surface area contributed by atoms with Crippen LogP contribution >= 0.6 is 27.3 Å². The van der Waals surface area contributed by atoms with Crippen LogP contribution < -0.4 is 5.73 Å². The number of fused-ring (bicyclic) bond motifs is 1. The van der Waals surface area contributed by atoms with Crippen molar-refractivity contribution in [2.75, 3.05) is 6.54 Å². The highest BCUT2D eigenvalue weighted by molar-refractivity contribution is 9.10. The smallest absolute Gasteiger partial charge is 0.193 e. The van der Waals surface area contributed by atoms with E-state index in [4.69, 9.17) is 5.73 Å². The van der Waals surface area contributed by atoms with Gasteiger partial charge in [-0.25, -0.2) is 4.98 Å². The molecule has 5 heteroatoms. The molecule has 0 aliphatic heterocycles. The first kappa shape index (κ1) is 13.8. The Balaban J connectivity index is 1.74. The van der Waals surface area contributed by atoms with E-state index in [1.54, 1.807) is 11.3 Å². The molecule has 2 N–H and O–H groups in total. The molecule has 0 aliphatic carbocycles. The van der Waals surface area contributed by atoms with Crippen LogP contribution in [0.1, 0.15) is 11.3 Å². The van der Waals surface area contributed by atoms with Crippen LogP contribution in [0, 0.1) is 5.92 Å². The Morgan fingerprint density at radius 3 is 2.90 bits per heavy atom. The first-order chi connectivity index (χ1) is 9.76. The number of hydrogen-bond donors (Lipinski definition) is 1. The summed E-state index contributed by atoms with van der Waals surface area (Å²) < 4.78 is 3.23. The molecule has 3 nitrogen and oxygen atoms in total. The number of aromatic nitrogens is 2. The number of rotatable bonds is 5. The van der Waals surface area contributed by atoms with Crippen LogP contribution in [0.3, 0.4) is 0 Å². The van der Waals surface area contributed by atoms with E-state index >= 15 is 0 Å². The molecule has 0 spiro atoms. The molecule has 0 aliphatic rings. The van der Waals surface area contributed by atoms with Gasteiger partial charge < -0.3 is 5.73 Å². The normalized spacial score (nSPS) is 12.9. The topological polar surface area (TPSA) is 43.3 Å². The van der Waals surface area contributed by atoms with Crippen LogP contribution in [0.4, 0.5) is 0 Å². The molecule has 0 saturated heterocycles. The monoisotopic (exact) mass is 349 g/mol. The second-order valence-corrected chi connectivity index (χ2v) is 6.65. The maximum Gasteiger partial charge on any atom is 0.193 e. The number of hydrogen-bond acceptors (Lipinski definition) is 3. The molecular formula is C15H16BrN3S. The van der Waals surface area contributed by atoms with Gasteiger partial charge in [-0.3, -0.25) is 4.40 Å². The van der Waals surface area contributed by atoms with E-state index in [2.05, 4.69) is 49.7 Å². The van der Waals surface area contributed by atoms with Crippen molar-refractivity contribution in [1.82, 2.24) is 9.38 Å². The van der Waals surface area contributed by atoms with Gasteiger partial charge in [0.05, 0.1) is 5.69 Å². The highest BCUT2D eigenvalue weighted by Gasteiger charge is 2.13. The minimum absolute atomic E-state index is 0.415. The third-order valence-electron chi connectivity index (χ3n) is 3.44.